The van der Waals surface area contributed by atoms with E-state index >= 15 is 0 Å². The zero-order chi connectivity index (χ0) is 14.9. The van der Waals surface area contributed by atoms with Crippen molar-refractivity contribution in [3.05, 3.63) is 78.9 Å². The summed E-state index contributed by atoms with van der Waals surface area (Å²) < 4.78 is 0. The molecule has 0 atom stereocenters. The van der Waals surface area contributed by atoms with Gasteiger partial charge >= 0.3 is 0 Å². The topological polar surface area (TPSA) is 26.7 Å². The first kappa shape index (κ1) is 12.8. The maximum Gasteiger partial charge on any atom is 0.139 e. The normalized spacial score (nSPS) is 13.3. The van der Waals surface area contributed by atoms with E-state index in [0.717, 1.165) is 22.7 Å². The van der Waals surface area contributed by atoms with E-state index in [1.54, 1.807) is 6.07 Å². The van der Waals surface area contributed by atoms with Gasteiger partial charge in [0, 0.05) is 5.69 Å². The lowest BCUT2D eigenvalue weighted by Gasteiger charge is -2.22. The minimum atomic E-state index is 0.298. The van der Waals surface area contributed by atoms with Crippen molar-refractivity contribution >= 4 is 22.7 Å². The van der Waals surface area contributed by atoms with Gasteiger partial charge < -0.3 is 14.9 Å². The van der Waals surface area contributed by atoms with Crippen LogP contribution >= 0.6 is 0 Å². The van der Waals surface area contributed by atoms with E-state index in [2.05, 4.69) is 34.1 Å². The van der Waals surface area contributed by atoms with Crippen LogP contribution in [-0.4, -0.2) is 11.8 Å². The fourth-order valence-corrected chi connectivity index (χ4v) is 2.94. The molecule has 4 rings (SSSR count). The average Bonchev–Trinajstić information content (AvgIpc) is 2.96. The molecule has 0 saturated heterocycles. The minimum absolute atomic E-state index is 0.298. The van der Waals surface area contributed by atoms with Crippen molar-refractivity contribution in [2.75, 3.05) is 16.5 Å². The molecule has 3 aromatic carbocycles. The fourth-order valence-electron chi connectivity index (χ4n) is 2.94. The van der Waals surface area contributed by atoms with Crippen LogP contribution in [0.15, 0.2) is 78.9 Å². The van der Waals surface area contributed by atoms with Gasteiger partial charge in [-0.3, -0.25) is 0 Å². The highest BCUT2D eigenvalue weighted by molar-refractivity contribution is 5.87. The Morgan fingerprint density at radius 2 is 1.14 bits per heavy atom. The monoisotopic (exact) mass is 288 g/mol. The van der Waals surface area contributed by atoms with E-state index in [9.17, 15) is 5.11 Å². The Labute approximate surface area is 129 Å². The zero-order valence-corrected chi connectivity index (χ0v) is 12.1. The van der Waals surface area contributed by atoms with Gasteiger partial charge in [-0.05, 0) is 36.4 Å². The summed E-state index contributed by atoms with van der Waals surface area (Å²) in [5.41, 5.74) is 4.23. The number of fused-ring (bicyclic) bond motifs is 1. The SMILES string of the molecule is Oc1ccccc1N1CN(c2ccccc2)c2ccccc21. The van der Waals surface area contributed by atoms with E-state index in [1.807, 2.05) is 48.5 Å². The first-order valence-corrected chi connectivity index (χ1v) is 7.32. The van der Waals surface area contributed by atoms with Gasteiger partial charge in [0.25, 0.3) is 0 Å². The van der Waals surface area contributed by atoms with Crippen molar-refractivity contribution in [2.45, 2.75) is 0 Å². The first-order valence-electron chi connectivity index (χ1n) is 7.32. The summed E-state index contributed by atoms with van der Waals surface area (Å²) >= 11 is 0. The molecule has 0 radical (unpaired) electrons. The number of anilines is 4. The van der Waals surface area contributed by atoms with Crippen LogP contribution in [0.2, 0.25) is 0 Å². The average molecular weight is 288 g/mol. The Morgan fingerprint density at radius 1 is 0.591 bits per heavy atom. The van der Waals surface area contributed by atoms with Crippen molar-refractivity contribution < 1.29 is 5.11 Å². The van der Waals surface area contributed by atoms with Gasteiger partial charge in [-0.25, -0.2) is 0 Å². The van der Waals surface area contributed by atoms with Gasteiger partial charge in [0.05, 0.1) is 17.1 Å². The van der Waals surface area contributed by atoms with Crippen molar-refractivity contribution in [1.82, 2.24) is 0 Å². The second-order valence-electron chi connectivity index (χ2n) is 5.31. The quantitative estimate of drug-likeness (QED) is 0.744. The maximum absolute atomic E-state index is 10.2. The molecule has 0 aliphatic carbocycles. The Kier molecular flexibility index (Phi) is 2.97. The molecule has 3 heteroatoms. The summed E-state index contributed by atoms with van der Waals surface area (Å²) in [4.78, 5) is 4.39. The smallest absolute Gasteiger partial charge is 0.139 e. The lowest BCUT2D eigenvalue weighted by molar-refractivity contribution is 0.476. The van der Waals surface area contributed by atoms with Crippen LogP contribution in [0.1, 0.15) is 0 Å². The molecule has 1 aliphatic heterocycles. The minimum Gasteiger partial charge on any atom is -0.506 e. The predicted molar refractivity (Wildman–Crippen MR) is 90.1 cm³/mol. The summed E-state index contributed by atoms with van der Waals surface area (Å²) in [5, 5.41) is 10.2. The summed E-state index contributed by atoms with van der Waals surface area (Å²) in [6.45, 7) is 0.681. The number of benzene rings is 3. The van der Waals surface area contributed by atoms with Crippen LogP contribution in [0.5, 0.6) is 5.75 Å². The zero-order valence-electron chi connectivity index (χ0n) is 12.1. The molecule has 1 heterocycles. The number of nitrogens with zero attached hydrogens (tertiary/aromatic N) is 2. The summed E-state index contributed by atoms with van der Waals surface area (Å²) in [5.74, 6) is 0.298. The van der Waals surface area contributed by atoms with Crippen molar-refractivity contribution in [1.29, 1.82) is 0 Å². The third-order valence-corrected chi connectivity index (χ3v) is 3.99. The number of phenolic OH excluding ortho intramolecular Hbond substituents is 1. The van der Waals surface area contributed by atoms with Gasteiger partial charge in [-0.2, -0.15) is 0 Å². The number of para-hydroxylation sites is 5. The summed E-state index contributed by atoms with van der Waals surface area (Å²) in [7, 11) is 0. The highest BCUT2D eigenvalue weighted by atomic mass is 16.3. The largest absolute Gasteiger partial charge is 0.506 e. The number of hydrogen-bond donors (Lipinski definition) is 1. The Balaban J connectivity index is 1.83. The van der Waals surface area contributed by atoms with Gasteiger partial charge in [0.1, 0.15) is 12.4 Å². The number of aromatic hydroxyl groups is 1. The second kappa shape index (κ2) is 5.11. The molecule has 3 nitrogen and oxygen atoms in total. The van der Waals surface area contributed by atoms with Gasteiger partial charge in [0.15, 0.2) is 0 Å². The van der Waals surface area contributed by atoms with Crippen LogP contribution in [0, 0.1) is 0 Å². The van der Waals surface area contributed by atoms with E-state index in [1.165, 1.54) is 0 Å². The van der Waals surface area contributed by atoms with Crippen LogP contribution in [0.4, 0.5) is 22.7 Å². The Hall–Kier alpha value is -2.94. The molecule has 108 valence electrons. The molecule has 0 saturated carbocycles. The first-order chi connectivity index (χ1) is 10.8. The van der Waals surface area contributed by atoms with Crippen LogP contribution in [0.25, 0.3) is 0 Å². The molecule has 0 amide bonds. The van der Waals surface area contributed by atoms with E-state index in [0.29, 0.717) is 12.4 Å². The molecule has 0 bridgehead atoms. The number of hydrogen-bond acceptors (Lipinski definition) is 3. The van der Waals surface area contributed by atoms with Crippen molar-refractivity contribution in [3.63, 3.8) is 0 Å². The molecule has 22 heavy (non-hydrogen) atoms. The third-order valence-electron chi connectivity index (χ3n) is 3.99. The molecule has 0 aromatic heterocycles. The molecule has 0 fully saturated rings. The number of rotatable bonds is 2. The molecule has 1 N–H and O–H groups in total. The Bertz CT molecular complexity index is 801. The fraction of sp³-hybridized carbons (Fsp3) is 0.0526. The third kappa shape index (κ3) is 1.99. The second-order valence-corrected chi connectivity index (χ2v) is 5.31. The predicted octanol–water partition coefficient (Wildman–Crippen LogP) is 4.64. The van der Waals surface area contributed by atoms with Crippen LogP contribution < -0.4 is 9.80 Å². The molecule has 0 unspecified atom stereocenters. The van der Waals surface area contributed by atoms with Gasteiger partial charge in [-0.15, -0.1) is 0 Å². The highest BCUT2D eigenvalue weighted by Gasteiger charge is 2.28. The van der Waals surface area contributed by atoms with E-state index in [4.69, 9.17) is 0 Å². The maximum atomic E-state index is 10.2. The van der Waals surface area contributed by atoms with Crippen LogP contribution in [-0.2, 0) is 0 Å². The van der Waals surface area contributed by atoms with Gasteiger partial charge in [0.2, 0.25) is 0 Å². The summed E-state index contributed by atoms with van der Waals surface area (Å²) in [6, 6.07) is 26.0. The van der Waals surface area contributed by atoms with Crippen LogP contribution in [0.3, 0.4) is 0 Å². The standard InChI is InChI=1S/C19H16N2O/c22-19-13-7-6-12-18(19)21-14-20(15-8-2-1-3-9-15)16-10-4-5-11-17(16)21/h1-13,22H,14H2. The van der Waals surface area contributed by atoms with Crippen molar-refractivity contribution in [3.8, 4) is 5.75 Å². The summed E-state index contributed by atoms with van der Waals surface area (Å²) in [6.07, 6.45) is 0. The molecular weight excluding hydrogens is 272 g/mol. The number of phenols is 1. The lowest BCUT2D eigenvalue weighted by atomic mass is 10.2. The molecule has 0 spiro atoms. The molecule has 3 aromatic rings. The lowest BCUT2D eigenvalue weighted by Crippen LogP contribution is -2.23. The Morgan fingerprint density at radius 3 is 1.82 bits per heavy atom. The van der Waals surface area contributed by atoms with Crippen molar-refractivity contribution in [2.24, 2.45) is 0 Å². The van der Waals surface area contributed by atoms with E-state index in [-0.39, 0.29) is 0 Å². The molecular formula is C19H16N2O. The van der Waals surface area contributed by atoms with Gasteiger partial charge in [-0.1, -0.05) is 42.5 Å². The van der Waals surface area contributed by atoms with E-state index < -0.39 is 0 Å². The highest BCUT2D eigenvalue weighted by Crippen LogP contribution is 2.45. The molecule has 1 aliphatic rings.